The van der Waals surface area contributed by atoms with Crippen molar-refractivity contribution in [2.45, 2.75) is 30.8 Å². The molecular formula is C26H26Cl3N3O4S. The van der Waals surface area contributed by atoms with E-state index in [4.69, 9.17) is 34.8 Å². The monoisotopic (exact) mass is 581 g/mol. The molecule has 0 aliphatic carbocycles. The molecular weight excluding hydrogens is 557 g/mol. The fourth-order valence-corrected chi connectivity index (χ4v) is 6.09. The zero-order valence-electron chi connectivity index (χ0n) is 20.2. The Morgan fingerprint density at radius 3 is 2.00 bits per heavy atom. The van der Waals surface area contributed by atoms with E-state index in [9.17, 15) is 18.0 Å². The normalized spacial score (nSPS) is 12.0. The lowest BCUT2D eigenvalue weighted by Gasteiger charge is -2.33. The Kier molecular flexibility index (Phi) is 9.84. The molecule has 0 saturated carbocycles. The van der Waals surface area contributed by atoms with E-state index >= 15 is 0 Å². The van der Waals surface area contributed by atoms with Gasteiger partial charge in [0.1, 0.15) is 12.6 Å². The van der Waals surface area contributed by atoms with Crippen LogP contribution >= 0.6 is 34.8 Å². The molecule has 3 aromatic carbocycles. The second-order valence-electron chi connectivity index (χ2n) is 8.04. The Hall–Kier alpha value is -2.78. The molecule has 0 saturated heterocycles. The molecule has 0 fully saturated rings. The molecule has 0 aliphatic rings. The number of sulfonamides is 1. The van der Waals surface area contributed by atoms with Gasteiger partial charge in [0.15, 0.2) is 0 Å². The van der Waals surface area contributed by atoms with Crippen molar-refractivity contribution < 1.29 is 18.0 Å². The number of hydrogen-bond acceptors (Lipinski definition) is 4. The number of carbonyl (C=O) groups excluding carboxylic acids is 2. The van der Waals surface area contributed by atoms with Crippen LogP contribution in [0.3, 0.4) is 0 Å². The molecule has 1 unspecified atom stereocenters. The first-order chi connectivity index (χ1) is 17.6. The number of nitrogens with zero attached hydrogens (tertiary/aromatic N) is 2. The van der Waals surface area contributed by atoms with Crippen LogP contribution in [0.4, 0.5) is 5.69 Å². The molecule has 0 aliphatic heterocycles. The van der Waals surface area contributed by atoms with Gasteiger partial charge in [-0.2, -0.15) is 0 Å². The zero-order valence-corrected chi connectivity index (χ0v) is 23.3. The zero-order chi connectivity index (χ0) is 27.2. The summed E-state index contributed by atoms with van der Waals surface area (Å²) in [6.07, 6.45) is 0.269. The molecule has 1 N–H and O–H groups in total. The largest absolute Gasteiger partial charge is 0.357 e. The van der Waals surface area contributed by atoms with Crippen molar-refractivity contribution in [1.82, 2.24) is 10.2 Å². The number of para-hydroxylation sites is 1. The van der Waals surface area contributed by atoms with E-state index in [0.29, 0.717) is 15.6 Å². The van der Waals surface area contributed by atoms with Crippen molar-refractivity contribution >= 4 is 62.3 Å². The summed E-state index contributed by atoms with van der Waals surface area (Å²) in [7, 11) is -2.74. The summed E-state index contributed by atoms with van der Waals surface area (Å²) in [5, 5.41) is 3.35. The number of nitrogens with one attached hydrogen (secondary N) is 1. The molecule has 11 heteroatoms. The van der Waals surface area contributed by atoms with Crippen LogP contribution < -0.4 is 9.62 Å². The van der Waals surface area contributed by atoms with Gasteiger partial charge in [0, 0.05) is 29.2 Å². The number of rotatable bonds is 10. The average Bonchev–Trinajstić information content (AvgIpc) is 2.89. The molecule has 7 nitrogen and oxygen atoms in total. The Labute approximate surface area is 232 Å². The summed E-state index contributed by atoms with van der Waals surface area (Å²) in [5.74, 6) is -1.04. The Bertz CT molecular complexity index is 1350. The van der Waals surface area contributed by atoms with Crippen LogP contribution in [0.15, 0.2) is 77.7 Å². The fraction of sp³-hybridized carbons (Fsp3) is 0.231. The summed E-state index contributed by atoms with van der Waals surface area (Å²) in [6, 6.07) is 18.1. The van der Waals surface area contributed by atoms with Gasteiger partial charge in [-0.25, -0.2) is 8.42 Å². The van der Waals surface area contributed by atoms with E-state index < -0.39 is 34.4 Å². The SMILES string of the molecule is CCC(C(=O)NC)N(Cc1c(Cl)cccc1Cl)C(=O)CN(c1ccccc1Cl)S(=O)(=O)c1ccccc1. The summed E-state index contributed by atoms with van der Waals surface area (Å²) in [4.78, 5) is 27.9. The molecule has 1 atom stereocenters. The van der Waals surface area contributed by atoms with Crippen LogP contribution in [-0.2, 0) is 26.2 Å². The second-order valence-corrected chi connectivity index (χ2v) is 11.1. The highest BCUT2D eigenvalue weighted by atomic mass is 35.5. The molecule has 0 aromatic heterocycles. The minimum atomic E-state index is -4.20. The summed E-state index contributed by atoms with van der Waals surface area (Å²) in [5.41, 5.74) is 0.571. The minimum absolute atomic E-state index is 0.0123. The van der Waals surface area contributed by atoms with Gasteiger partial charge >= 0.3 is 0 Å². The van der Waals surface area contributed by atoms with Gasteiger partial charge in [-0.05, 0) is 42.8 Å². The van der Waals surface area contributed by atoms with E-state index in [-0.39, 0.29) is 28.6 Å². The number of likely N-dealkylation sites (N-methyl/N-ethyl adjacent to an activating group) is 1. The first-order valence-corrected chi connectivity index (χ1v) is 14.0. The predicted octanol–water partition coefficient (Wildman–Crippen LogP) is 5.40. The highest BCUT2D eigenvalue weighted by molar-refractivity contribution is 7.92. The highest BCUT2D eigenvalue weighted by Gasteiger charge is 2.34. The molecule has 37 heavy (non-hydrogen) atoms. The van der Waals surface area contributed by atoms with E-state index in [0.717, 1.165) is 4.31 Å². The summed E-state index contributed by atoms with van der Waals surface area (Å²) < 4.78 is 28.4. The summed E-state index contributed by atoms with van der Waals surface area (Å²) in [6.45, 7) is 1.03. The first-order valence-electron chi connectivity index (χ1n) is 11.4. The highest BCUT2D eigenvalue weighted by Crippen LogP contribution is 2.31. The van der Waals surface area contributed by atoms with Crippen LogP contribution in [-0.4, -0.2) is 44.8 Å². The third-order valence-corrected chi connectivity index (χ3v) is 8.56. The van der Waals surface area contributed by atoms with Crippen LogP contribution in [0.25, 0.3) is 0 Å². The lowest BCUT2D eigenvalue weighted by atomic mass is 10.1. The number of carbonyl (C=O) groups is 2. The maximum atomic E-state index is 13.9. The van der Waals surface area contributed by atoms with Crippen LogP contribution in [0.1, 0.15) is 18.9 Å². The van der Waals surface area contributed by atoms with Crippen molar-refractivity contribution in [2.75, 3.05) is 17.9 Å². The van der Waals surface area contributed by atoms with E-state index in [1.54, 1.807) is 55.5 Å². The van der Waals surface area contributed by atoms with Gasteiger partial charge in [-0.15, -0.1) is 0 Å². The number of halogens is 3. The van der Waals surface area contributed by atoms with E-state index in [2.05, 4.69) is 5.32 Å². The first kappa shape index (κ1) is 28.8. The Balaban J connectivity index is 2.10. The topological polar surface area (TPSA) is 86.8 Å². The molecule has 3 aromatic rings. The minimum Gasteiger partial charge on any atom is -0.357 e. The van der Waals surface area contributed by atoms with Crippen molar-refractivity contribution in [3.63, 3.8) is 0 Å². The number of anilines is 1. The van der Waals surface area contributed by atoms with E-state index in [1.807, 2.05) is 0 Å². The number of amides is 2. The quantitative estimate of drug-likeness (QED) is 0.347. The van der Waals surface area contributed by atoms with Crippen molar-refractivity contribution in [3.8, 4) is 0 Å². The molecule has 0 heterocycles. The third kappa shape index (κ3) is 6.57. The van der Waals surface area contributed by atoms with Gasteiger partial charge in [0.05, 0.1) is 15.6 Å². The maximum Gasteiger partial charge on any atom is 0.264 e. The lowest BCUT2D eigenvalue weighted by Crippen LogP contribution is -2.51. The van der Waals surface area contributed by atoms with Crippen molar-refractivity contribution in [2.24, 2.45) is 0 Å². The molecule has 3 rings (SSSR count). The molecule has 0 spiro atoms. The number of benzene rings is 3. The van der Waals surface area contributed by atoms with Crippen molar-refractivity contribution in [3.05, 3.63) is 93.4 Å². The lowest BCUT2D eigenvalue weighted by molar-refractivity contribution is -0.140. The maximum absolute atomic E-state index is 13.9. The average molecular weight is 583 g/mol. The Morgan fingerprint density at radius 1 is 0.865 bits per heavy atom. The molecule has 0 radical (unpaired) electrons. The van der Waals surface area contributed by atoms with Gasteiger partial charge in [-0.1, -0.05) is 78.1 Å². The number of hydrogen-bond donors (Lipinski definition) is 1. The van der Waals surface area contributed by atoms with E-state index in [1.165, 1.54) is 36.2 Å². The second kappa shape index (κ2) is 12.6. The Morgan fingerprint density at radius 2 is 1.43 bits per heavy atom. The standard InChI is InChI=1S/C26H26Cl3N3O4S/c1-3-23(26(34)30-2)31(16-19-20(27)13-9-14-21(19)28)25(33)17-32(24-15-8-7-12-22(24)29)37(35,36)18-10-5-4-6-11-18/h4-15,23H,3,16-17H2,1-2H3,(H,30,34). The molecule has 2 amide bonds. The van der Waals surface area contributed by atoms with Crippen LogP contribution in [0, 0.1) is 0 Å². The van der Waals surface area contributed by atoms with Crippen molar-refractivity contribution in [1.29, 1.82) is 0 Å². The fourth-order valence-electron chi connectivity index (χ4n) is 3.83. The predicted molar refractivity (Wildman–Crippen MR) is 148 cm³/mol. The van der Waals surface area contributed by atoms with Gasteiger partial charge in [-0.3, -0.25) is 13.9 Å². The van der Waals surface area contributed by atoms with Gasteiger partial charge < -0.3 is 10.2 Å². The molecule has 0 bridgehead atoms. The molecule has 196 valence electrons. The van der Waals surface area contributed by atoms with Crippen LogP contribution in [0.2, 0.25) is 15.1 Å². The van der Waals surface area contributed by atoms with Gasteiger partial charge in [0.2, 0.25) is 11.8 Å². The van der Waals surface area contributed by atoms with Gasteiger partial charge in [0.25, 0.3) is 10.0 Å². The van der Waals surface area contributed by atoms with Crippen LogP contribution in [0.5, 0.6) is 0 Å². The third-order valence-electron chi connectivity index (χ3n) is 5.75. The smallest absolute Gasteiger partial charge is 0.264 e. The summed E-state index contributed by atoms with van der Waals surface area (Å²) >= 11 is 19.1.